The van der Waals surface area contributed by atoms with Gasteiger partial charge in [-0.15, -0.1) is 0 Å². The number of nitrogens with one attached hydrogen (secondary N) is 1. The van der Waals surface area contributed by atoms with Crippen LogP contribution in [0.4, 0.5) is 0 Å². The third-order valence-electron chi connectivity index (χ3n) is 3.34. The van der Waals surface area contributed by atoms with Crippen molar-refractivity contribution in [3.8, 4) is 0 Å². The molecule has 1 N–H and O–H groups in total. The standard InChI is InChI=1S/C16H27N/c1-4-7-16(17-6-3)13-12-15-10-8-14(5-2)9-11-15/h8-11,16-17H,4-7,12-13H2,1-3H3. The monoisotopic (exact) mass is 233 g/mol. The van der Waals surface area contributed by atoms with Crippen LogP contribution >= 0.6 is 0 Å². The van der Waals surface area contributed by atoms with E-state index >= 15 is 0 Å². The number of hydrogen-bond acceptors (Lipinski definition) is 1. The lowest BCUT2D eigenvalue weighted by Crippen LogP contribution is -2.29. The zero-order valence-corrected chi connectivity index (χ0v) is 11.6. The molecule has 1 unspecified atom stereocenters. The minimum Gasteiger partial charge on any atom is -0.314 e. The van der Waals surface area contributed by atoms with Crippen LogP contribution in [0.15, 0.2) is 24.3 Å². The molecule has 1 heteroatoms. The molecule has 1 rings (SSSR count). The molecule has 0 saturated heterocycles. The lowest BCUT2D eigenvalue weighted by atomic mass is 10.0. The van der Waals surface area contributed by atoms with Crippen LogP contribution in [-0.4, -0.2) is 12.6 Å². The van der Waals surface area contributed by atoms with Crippen LogP contribution in [-0.2, 0) is 12.8 Å². The fraction of sp³-hybridized carbons (Fsp3) is 0.625. The summed E-state index contributed by atoms with van der Waals surface area (Å²) in [6.45, 7) is 7.75. The molecule has 0 amide bonds. The van der Waals surface area contributed by atoms with Crippen molar-refractivity contribution in [3.63, 3.8) is 0 Å². The first-order chi connectivity index (χ1) is 8.30. The van der Waals surface area contributed by atoms with E-state index in [4.69, 9.17) is 0 Å². The van der Waals surface area contributed by atoms with E-state index in [1.807, 2.05) is 0 Å². The Bertz CT molecular complexity index is 283. The number of aryl methyl sites for hydroxylation is 2. The topological polar surface area (TPSA) is 12.0 Å². The van der Waals surface area contributed by atoms with Gasteiger partial charge in [-0.05, 0) is 43.4 Å². The summed E-state index contributed by atoms with van der Waals surface area (Å²) in [4.78, 5) is 0. The van der Waals surface area contributed by atoms with Crippen molar-refractivity contribution in [2.45, 2.75) is 58.9 Å². The normalized spacial score (nSPS) is 12.6. The second kappa shape index (κ2) is 8.30. The first-order valence-corrected chi connectivity index (χ1v) is 7.11. The Balaban J connectivity index is 2.41. The first-order valence-electron chi connectivity index (χ1n) is 7.11. The molecular weight excluding hydrogens is 206 g/mol. The van der Waals surface area contributed by atoms with E-state index in [-0.39, 0.29) is 0 Å². The van der Waals surface area contributed by atoms with Crippen LogP contribution < -0.4 is 5.32 Å². The van der Waals surface area contributed by atoms with Crippen LogP contribution in [0.3, 0.4) is 0 Å². The fourth-order valence-corrected chi connectivity index (χ4v) is 2.27. The van der Waals surface area contributed by atoms with Crippen LogP contribution in [0, 0.1) is 0 Å². The molecule has 0 heterocycles. The molecular formula is C16H27N. The largest absolute Gasteiger partial charge is 0.314 e. The maximum atomic E-state index is 3.58. The molecule has 1 atom stereocenters. The number of hydrogen-bond donors (Lipinski definition) is 1. The highest BCUT2D eigenvalue weighted by Crippen LogP contribution is 2.10. The summed E-state index contributed by atoms with van der Waals surface area (Å²) in [7, 11) is 0. The highest BCUT2D eigenvalue weighted by atomic mass is 14.9. The van der Waals surface area contributed by atoms with E-state index in [1.54, 1.807) is 0 Å². The van der Waals surface area contributed by atoms with Gasteiger partial charge in [-0.3, -0.25) is 0 Å². The number of rotatable bonds is 8. The Kier molecular flexibility index (Phi) is 6.95. The lowest BCUT2D eigenvalue weighted by molar-refractivity contribution is 0.460. The Labute approximate surface area is 107 Å². The van der Waals surface area contributed by atoms with E-state index in [0.717, 1.165) is 13.0 Å². The Morgan fingerprint density at radius 3 is 2.12 bits per heavy atom. The van der Waals surface area contributed by atoms with E-state index in [9.17, 15) is 0 Å². The van der Waals surface area contributed by atoms with Gasteiger partial charge in [-0.25, -0.2) is 0 Å². The van der Waals surface area contributed by atoms with Crippen LogP contribution in [0.1, 0.15) is 51.2 Å². The fourth-order valence-electron chi connectivity index (χ4n) is 2.27. The van der Waals surface area contributed by atoms with Crippen LogP contribution in [0.5, 0.6) is 0 Å². The van der Waals surface area contributed by atoms with E-state index < -0.39 is 0 Å². The zero-order chi connectivity index (χ0) is 12.5. The summed E-state index contributed by atoms with van der Waals surface area (Å²) < 4.78 is 0. The predicted molar refractivity (Wildman–Crippen MR) is 76.5 cm³/mol. The minimum absolute atomic E-state index is 0.691. The zero-order valence-electron chi connectivity index (χ0n) is 11.6. The van der Waals surface area contributed by atoms with Crippen molar-refractivity contribution in [1.82, 2.24) is 5.32 Å². The molecule has 0 bridgehead atoms. The molecule has 17 heavy (non-hydrogen) atoms. The summed E-state index contributed by atoms with van der Waals surface area (Å²) in [6.07, 6.45) is 6.15. The maximum absolute atomic E-state index is 3.58. The second-order valence-electron chi connectivity index (χ2n) is 4.75. The van der Waals surface area contributed by atoms with Crippen molar-refractivity contribution in [2.75, 3.05) is 6.54 Å². The molecule has 0 aliphatic carbocycles. The van der Waals surface area contributed by atoms with Gasteiger partial charge in [-0.2, -0.15) is 0 Å². The molecule has 0 spiro atoms. The van der Waals surface area contributed by atoms with E-state index in [0.29, 0.717) is 6.04 Å². The van der Waals surface area contributed by atoms with Gasteiger partial charge in [0, 0.05) is 6.04 Å². The second-order valence-corrected chi connectivity index (χ2v) is 4.75. The smallest absolute Gasteiger partial charge is 0.00700 e. The molecule has 0 fully saturated rings. The van der Waals surface area contributed by atoms with Crippen molar-refractivity contribution in [1.29, 1.82) is 0 Å². The van der Waals surface area contributed by atoms with E-state index in [1.165, 1.54) is 36.8 Å². The van der Waals surface area contributed by atoms with Gasteiger partial charge < -0.3 is 5.32 Å². The molecule has 1 nitrogen and oxygen atoms in total. The Hall–Kier alpha value is -0.820. The molecule has 1 aromatic rings. The van der Waals surface area contributed by atoms with Gasteiger partial charge in [0.1, 0.15) is 0 Å². The van der Waals surface area contributed by atoms with E-state index in [2.05, 4.69) is 50.4 Å². The lowest BCUT2D eigenvalue weighted by Gasteiger charge is -2.16. The minimum atomic E-state index is 0.691. The van der Waals surface area contributed by atoms with Crippen LogP contribution in [0.2, 0.25) is 0 Å². The van der Waals surface area contributed by atoms with Gasteiger partial charge in [0.2, 0.25) is 0 Å². The molecule has 0 radical (unpaired) electrons. The van der Waals surface area contributed by atoms with Gasteiger partial charge in [0.15, 0.2) is 0 Å². The van der Waals surface area contributed by atoms with Crippen LogP contribution in [0.25, 0.3) is 0 Å². The Morgan fingerprint density at radius 2 is 1.59 bits per heavy atom. The molecule has 96 valence electrons. The SMILES string of the molecule is CCCC(CCc1ccc(CC)cc1)NCC. The number of benzene rings is 1. The summed E-state index contributed by atoms with van der Waals surface area (Å²) in [5.74, 6) is 0. The summed E-state index contributed by atoms with van der Waals surface area (Å²) in [5, 5.41) is 3.58. The van der Waals surface area contributed by atoms with Crippen molar-refractivity contribution in [3.05, 3.63) is 35.4 Å². The molecule has 0 aliphatic rings. The highest BCUT2D eigenvalue weighted by Gasteiger charge is 2.05. The third kappa shape index (κ3) is 5.36. The molecule has 0 saturated carbocycles. The summed E-state index contributed by atoms with van der Waals surface area (Å²) >= 11 is 0. The van der Waals surface area contributed by atoms with Crippen molar-refractivity contribution >= 4 is 0 Å². The highest BCUT2D eigenvalue weighted by molar-refractivity contribution is 5.22. The summed E-state index contributed by atoms with van der Waals surface area (Å²) in [6, 6.07) is 9.78. The quantitative estimate of drug-likeness (QED) is 0.716. The van der Waals surface area contributed by atoms with Crippen molar-refractivity contribution in [2.24, 2.45) is 0 Å². The van der Waals surface area contributed by atoms with Gasteiger partial charge >= 0.3 is 0 Å². The van der Waals surface area contributed by atoms with Gasteiger partial charge in [0.25, 0.3) is 0 Å². The molecule has 0 aromatic heterocycles. The third-order valence-corrected chi connectivity index (χ3v) is 3.34. The van der Waals surface area contributed by atoms with Gasteiger partial charge in [0.05, 0.1) is 0 Å². The maximum Gasteiger partial charge on any atom is 0.00700 e. The summed E-state index contributed by atoms with van der Waals surface area (Å²) in [5.41, 5.74) is 2.91. The first kappa shape index (κ1) is 14.2. The average Bonchev–Trinajstić information content (AvgIpc) is 2.37. The van der Waals surface area contributed by atoms with Gasteiger partial charge in [-0.1, -0.05) is 51.5 Å². The molecule has 0 aliphatic heterocycles. The Morgan fingerprint density at radius 1 is 0.941 bits per heavy atom. The molecule has 1 aromatic carbocycles. The average molecular weight is 233 g/mol. The predicted octanol–water partition coefficient (Wildman–Crippen LogP) is 3.96. The van der Waals surface area contributed by atoms with Crippen molar-refractivity contribution < 1.29 is 0 Å².